The molecule has 0 radical (unpaired) electrons. The van der Waals surface area contributed by atoms with Crippen LogP contribution in [0.25, 0.3) is 17.0 Å². The predicted molar refractivity (Wildman–Crippen MR) is 95.1 cm³/mol. The highest BCUT2D eigenvalue weighted by atomic mass is 15.3. The van der Waals surface area contributed by atoms with Crippen LogP contribution in [-0.2, 0) is 6.54 Å². The standard InChI is InChI=1S/C18H17N7/c1-12-13(2)23-18(14-4-3-7-19-10-14)24-17(12)21-11-15-5-8-20-16-6-9-22-25(15)16/h3-10H,11H2,1-2H3,(H,21,23,24). The van der Waals surface area contributed by atoms with E-state index < -0.39 is 0 Å². The SMILES string of the molecule is Cc1nc(-c2cccnc2)nc(NCc2ccnc3ccnn23)c1C. The first-order chi connectivity index (χ1) is 12.2. The molecule has 4 aromatic rings. The average molecular weight is 331 g/mol. The molecule has 0 atom stereocenters. The Morgan fingerprint density at radius 1 is 1.04 bits per heavy atom. The third-order valence-corrected chi connectivity index (χ3v) is 4.11. The van der Waals surface area contributed by atoms with E-state index in [0.717, 1.165) is 34.0 Å². The summed E-state index contributed by atoms with van der Waals surface area (Å²) in [7, 11) is 0. The minimum absolute atomic E-state index is 0.588. The fourth-order valence-electron chi connectivity index (χ4n) is 2.62. The second kappa shape index (κ2) is 6.27. The van der Waals surface area contributed by atoms with Crippen LogP contribution in [0.15, 0.2) is 49.1 Å². The molecule has 0 amide bonds. The number of anilines is 1. The molecule has 0 unspecified atom stereocenters. The molecule has 124 valence electrons. The van der Waals surface area contributed by atoms with Crippen molar-refractivity contribution < 1.29 is 0 Å². The highest BCUT2D eigenvalue weighted by molar-refractivity contribution is 5.58. The Labute approximate surface area is 144 Å². The second-order valence-corrected chi connectivity index (χ2v) is 5.74. The van der Waals surface area contributed by atoms with Gasteiger partial charge in [-0.25, -0.2) is 19.5 Å². The Bertz CT molecular complexity index is 1020. The molecule has 0 aromatic carbocycles. The number of aromatic nitrogens is 6. The van der Waals surface area contributed by atoms with Gasteiger partial charge < -0.3 is 5.32 Å². The van der Waals surface area contributed by atoms with Gasteiger partial charge in [-0.05, 0) is 32.0 Å². The molecule has 4 rings (SSSR count). The van der Waals surface area contributed by atoms with E-state index in [2.05, 4.69) is 30.4 Å². The summed E-state index contributed by atoms with van der Waals surface area (Å²) in [5, 5.41) is 7.71. The van der Waals surface area contributed by atoms with E-state index in [4.69, 9.17) is 0 Å². The van der Waals surface area contributed by atoms with Crippen LogP contribution in [0, 0.1) is 13.8 Å². The fourth-order valence-corrected chi connectivity index (χ4v) is 2.62. The van der Waals surface area contributed by atoms with Crippen molar-refractivity contribution >= 4 is 11.5 Å². The van der Waals surface area contributed by atoms with Crippen molar-refractivity contribution in [3.8, 4) is 11.4 Å². The molecular weight excluding hydrogens is 314 g/mol. The third-order valence-electron chi connectivity index (χ3n) is 4.11. The summed E-state index contributed by atoms with van der Waals surface area (Å²) in [6.07, 6.45) is 7.03. The molecule has 0 bridgehead atoms. The zero-order valence-corrected chi connectivity index (χ0v) is 14.0. The predicted octanol–water partition coefficient (Wildman–Crippen LogP) is 2.81. The highest BCUT2D eigenvalue weighted by Gasteiger charge is 2.10. The Morgan fingerprint density at radius 3 is 2.80 bits per heavy atom. The van der Waals surface area contributed by atoms with Crippen molar-refractivity contribution in [3.05, 3.63) is 66.0 Å². The van der Waals surface area contributed by atoms with Gasteiger partial charge in [0.2, 0.25) is 0 Å². The molecule has 1 N–H and O–H groups in total. The van der Waals surface area contributed by atoms with Crippen molar-refractivity contribution in [2.75, 3.05) is 5.32 Å². The van der Waals surface area contributed by atoms with E-state index in [-0.39, 0.29) is 0 Å². The van der Waals surface area contributed by atoms with E-state index in [9.17, 15) is 0 Å². The van der Waals surface area contributed by atoms with Crippen molar-refractivity contribution in [2.24, 2.45) is 0 Å². The lowest BCUT2D eigenvalue weighted by Crippen LogP contribution is -2.10. The third kappa shape index (κ3) is 2.91. The fraction of sp³-hybridized carbons (Fsp3) is 0.167. The Balaban J connectivity index is 1.66. The summed E-state index contributed by atoms with van der Waals surface area (Å²) in [4.78, 5) is 17.7. The highest BCUT2D eigenvalue weighted by Crippen LogP contribution is 2.21. The second-order valence-electron chi connectivity index (χ2n) is 5.74. The van der Waals surface area contributed by atoms with E-state index in [1.807, 2.05) is 42.6 Å². The van der Waals surface area contributed by atoms with Gasteiger partial charge in [0.25, 0.3) is 0 Å². The van der Waals surface area contributed by atoms with Gasteiger partial charge in [-0.15, -0.1) is 0 Å². The maximum Gasteiger partial charge on any atom is 0.163 e. The van der Waals surface area contributed by atoms with E-state index >= 15 is 0 Å². The summed E-state index contributed by atoms with van der Waals surface area (Å²) in [6.45, 7) is 4.59. The average Bonchev–Trinajstić information content (AvgIpc) is 3.13. The molecule has 4 aromatic heterocycles. The number of pyridine rings is 1. The minimum Gasteiger partial charge on any atom is -0.364 e. The molecule has 0 saturated carbocycles. The summed E-state index contributed by atoms with van der Waals surface area (Å²) in [5.41, 5.74) is 4.69. The first-order valence-electron chi connectivity index (χ1n) is 7.99. The topological polar surface area (TPSA) is 80.9 Å². The number of nitrogens with one attached hydrogen (secondary N) is 1. The van der Waals surface area contributed by atoms with Gasteiger partial charge >= 0.3 is 0 Å². The van der Waals surface area contributed by atoms with Crippen LogP contribution in [0.1, 0.15) is 17.0 Å². The van der Waals surface area contributed by atoms with Crippen molar-refractivity contribution in [1.82, 2.24) is 29.5 Å². The lowest BCUT2D eigenvalue weighted by Gasteiger charge is -2.13. The first-order valence-corrected chi connectivity index (χ1v) is 7.99. The summed E-state index contributed by atoms with van der Waals surface area (Å²) >= 11 is 0. The van der Waals surface area contributed by atoms with Crippen LogP contribution < -0.4 is 5.32 Å². The molecule has 4 heterocycles. The van der Waals surface area contributed by atoms with Crippen molar-refractivity contribution in [3.63, 3.8) is 0 Å². The molecule has 0 fully saturated rings. The zero-order valence-electron chi connectivity index (χ0n) is 14.0. The number of hydrogen-bond acceptors (Lipinski definition) is 6. The molecule has 0 spiro atoms. The molecule has 7 nitrogen and oxygen atoms in total. The molecule has 0 aliphatic carbocycles. The number of rotatable bonds is 4. The summed E-state index contributed by atoms with van der Waals surface area (Å²) < 4.78 is 1.82. The van der Waals surface area contributed by atoms with Gasteiger partial charge in [0.05, 0.1) is 18.4 Å². The zero-order chi connectivity index (χ0) is 17.2. The van der Waals surface area contributed by atoms with Gasteiger partial charge in [-0.2, -0.15) is 5.10 Å². The maximum absolute atomic E-state index is 4.68. The molecule has 7 heteroatoms. The Morgan fingerprint density at radius 2 is 1.96 bits per heavy atom. The first kappa shape index (κ1) is 15.2. The molecule has 0 aliphatic rings. The molecule has 0 saturated heterocycles. The Hall–Kier alpha value is -3.35. The molecule has 25 heavy (non-hydrogen) atoms. The molecular formula is C18H17N7. The van der Waals surface area contributed by atoms with E-state index in [1.165, 1.54) is 0 Å². The van der Waals surface area contributed by atoms with Crippen LogP contribution in [-0.4, -0.2) is 29.5 Å². The normalized spacial score (nSPS) is 11.0. The monoisotopic (exact) mass is 331 g/mol. The van der Waals surface area contributed by atoms with Gasteiger partial charge in [0.15, 0.2) is 11.5 Å². The van der Waals surface area contributed by atoms with Gasteiger partial charge in [0.1, 0.15) is 5.82 Å². The summed E-state index contributed by atoms with van der Waals surface area (Å²) in [5.74, 6) is 1.47. The van der Waals surface area contributed by atoms with Crippen molar-refractivity contribution in [2.45, 2.75) is 20.4 Å². The van der Waals surface area contributed by atoms with Gasteiger partial charge in [-0.1, -0.05) is 0 Å². The van der Waals surface area contributed by atoms with Crippen LogP contribution in [0.5, 0.6) is 0 Å². The number of hydrogen-bond donors (Lipinski definition) is 1. The van der Waals surface area contributed by atoms with Crippen LogP contribution in [0.2, 0.25) is 0 Å². The number of aryl methyl sites for hydroxylation is 1. The minimum atomic E-state index is 0.588. The largest absolute Gasteiger partial charge is 0.364 e. The van der Waals surface area contributed by atoms with Crippen LogP contribution in [0.4, 0.5) is 5.82 Å². The smallest absolute Gasteiger partial charge is 0.163 e. The summed E-state index contributed by atoms with van der Waals surface area (Å²) in [6, 6.07) is 7.66. The van der Waals surface area contributed by atoms with E-state index in [0.29, 0.717) is 12.4 Å². The quantitative estimate of drug-likeness (QED) is 0.619. The van der Waals surface area contributed by atoms with Gasteiger partial charge in [-0.3, -0.25) is 4.98 Å². The molecule has 0 aliphatic heterocycles. The van der Waals surface area contributed by atoms with Crippen LogP contribution >= 0.6 is 0 Å². The van der Waals surface area contributed by atoms with Crippen LogP contribution in [0.3, 0.4) is 0 Å². The van der Waals surface area contributed by atoms with E-state index in [1.54, 1.807) is 24.8 Å². The van der Waals surface area contributed by atoms with Gasteiger partial charge in [0, 0.05) is 41.5 Å². The Kier molecular flexibility index (Phi) is 3.81. The maximum atomic E-state index is 4.68. The number of fused-ring (bicyclic) bond motifs is 1. The lowest BCUT2D eigenvalue weighted by molar-refractivity contribution is 0.850. The number of nitrogens with zero attached hydrogens (tertiary/aromatic N) is 6. The lowest BCUT2D eigenvalue weighted by atomic mass is 10.2. The van der Waals surface area contributed by atoms with Crippen molar-refractivity contribution in [1.29, 1.82) is 0 Å².